The maximum atomic E-state index is 12.7. The molecular formula is C22H31ClN6OS2. The van der Waals surface area contributed by atoms with Gasteiger partial charge in [-0.3, -0.25) is 4.98 Å². The van der Waals surface area contributed by atoms with E-state index in [1.54, 1.807) is 18.6 Å². The summed E-state index contributed by atoms with van der Waals surface area (Å²) in [5.74, 6) is 1.21. The highest BCUT2D eigenvalue weighted by Crippen LogP contribution is 2.47. The Balaban J connectivity index is 1.41. The average molecular weight is 495 g/mol. The summed E-state index contributed by atoms with van der Waals surface area (Å²) < 4.78 is 15.9. The molecule has 2 fully saturated rings. The van der Waals surface area contributed by atoms with E-state index < -0.39 is 11.4 Å². The third kappa shape index (κ3) is 5.12. The van der Waals surface area contributed by atoms with Crippen molar-refractivity contribution in [3.05, 3.63) is 29.7 Å². The van der Waals surface area contributed by atoms with Crippen LogP contribution in [0.15, 0.2) is 34.6 Å². The van der Waals surface area contributed by atoms with Crippen LogP contribution < -0.4 is 15.4 Å². The molecule has 7 nitrogen and oxygen atoms in total. The highest BCUT2D eigenvalue weighted by atomic mass is 35.5. The van der Waals surface area contributed by atoms with Crippen LogP contribution in [-0.4, -0.2) is 43.4 Å². The molecule has 0 amide bonds. The van der Waals surface area contributed by atoms with E-state index in [4.69, 9.17) is 17.3 Å². The van der Waals surface area contributed by atoms with Gasteiger partial charge < -0.3 is 15.2 Å². The SMILES string of the molecule is CC(C)(C)[S@@+]([O-])N[C@@H]1CCCC12CCN(c1cnc(Sc3ccncc3Cl)c(N)n1)CC2. The van der Waals surface area contributed by atoms with E-state index in [2.05, 4.69) is 24.6 Å². The number of nitrogens with one attached hydrogen (secondary N) is 1. The van der Waals surface area contributed by atoms with E-state index >= 15 is 0 Å². The van der Waals surface area contributed by atoms with Crippen molar-refractivity contribution >= 4 is 46.4 Å². The second-order valence-electron chi connectivity index (χ2n) is 9.62. The second kappa shape index (κ2) is 9.54. The van der Waals surface area contributed by atoms with Crippen molar-refractivity contribution in [3.63, 3.8) is 0 Å². The molecule has 3 N–H and O–H groups in total. The first-order chi connectivity index (χ1) is 15.2. The lowest BCUT2D eigenvalue weighted by molar-refractivity contribution is 0.186. The lowest BCUT2D eigenvalue weighted by Gasteiger charge is -2.44. The lowest BCUT2D eigenvalue weighted by Crippen LogP contribution is -2.53. The van der Waals surface area contributed by atoms with Crippen molar-refractivity contribution in [2.24, 2.45) is 5.41 Å². The number of hydrogen-bond acceptors (Lipinski definition) is 8. The minimum Gasteiger partial charge on any atom is -0.598 e. The van der Waals surface area contributed by atoms with Crippen molar-refractivity contribution in [1.29, 1.82) is 0 Å². The van der Waals surface area contributed by atoms with Crippen molar-refractivity contribution in [3.8, 4) is 0 Å². The van der Waals surface area contributed by atoms with Gasteiger partial charge in [-0.05, 0) is 57.9 Å². The summed E-state index contributed by atoms with van der Waals surface area (Å²) in [6.45, 7) is 7.87. The predicted octanol–water partition coefficient (Wildman–Crippen LogP) is 4.45. The van der Waals surface area contributed by atoms with Gasteiger partial charge in [-0.2, -0.15) is 0 Å². The quantitative estimate of drug-likeness (QED) is 0.587. The number of pyridine rings is 1. The first-order valence-corrected chi connectivity index (χ1v) is 13.4. The molecule has 0 radical (unpaired) electrons. The average Bonchev–Trinajstić information content (AvgIpc) is 3.12. The minimum absolute atomic E-state index is 0.213. The minimum atomic E-state index is -1.04. The molecule has 1 saturated carbocycles. The fraction of sp³-hybridized carbons (Fsp3) is 0.591. The summed E-state index contributed by atoms with van der Waals surface area (Å²) >= 11 is 6.55. The zero-order chi connectivity index (χ0) is 22.9. The smallest absolute Gasteiger partial charge is 0.158 e. The van der Waals surface area contributed by atoms with E-state index in [-0.39, 0.29) is 10.2 Å². The number of halogens is 1. The molecule has 0 bridgehead atoms. The highest BCUT2D eigenvalue weighted by Gasteiger charge is 2.47. The molecule has 2 aromatic heterocycles. The molecule has 1 aliphatic carbocycles. The third-order valence-electron chi connectivity index (χ3n) is 6.49. The summed E-state index contributed by atoms with van der Waals surface area (Å²) in [6.07, 6.45) is 10.7. The molecule has 2 aromatic rings. The number of nitrogen functional groups attached to an aromatic ring is 1. The predicted molar refractivity (Wildman–Crippen MR) is 132 cm³/mol. The molecule has 1 saturated heterocycles. The van der Waals surface area contributed by atoms with Gasteiger partial charge in [0, 0.05) is 41.7 Å². The Labute approximate surface area is 202 Å². The molecule has 4 rings (SSSR count). The number of hydrogen-bond donors (Lipinski definition) is 2. The maximum absolute atomic E-state index is 12.7. The molecular weight excluding hydrogens is 464 g/mol. The first-order valence-electron chi connectivity index (χ1n) is 11.0. The molecule has 32 heavy (non-hydrogen) atoms. The topological polar surface area (TPSA) is 103 Å². The van der Waals surface area contributed by atoms with Crippen LogP contribution in [0.5, 0.6) is 0 Å². The van der Waals surface area contributed by atoms with Crippen LogP contribution in [0, 0.1) is 5.41 Å². The van der Waals surface area contributed by atoms with Gasteiger partial charge >= 0.3 is 0 Å². The fourth-order valence-corrected chi connectivity index (χ4v) is 6.53. The second-order valence-corrected chi connectivity index (χ2v) is 13.1. The summed E-state index contributed by atoms with van der Waals surface area (Å²) in [6, 6.07) is 2.15. The van der Waals surface area contributed by atoms with Crippen molar-refractivity contribution in [2.75, 3.05) is 23.7 Å². The normalized spacial score (nSPS) is 21.8. The van der Waals surface area contributed by atoms with Crippen LogP contribution in [-0.2, 0) is 11.4 Å². The number of rotatable bonds is 5. The number of nitrogens with two attached hydrogens (primary N) is 1. The maximum Gasteiger partial charge on any atom is 0.158 e. The zero-order valence-electron chi connectivity index (χ0n) is 18.8. The Morgan fingerprint density at radius 1 is 1.28 bits per heavy atom. The summed E-state index contributed by atoms with van der Waals surface area (Å²) in [4.78, 5) is 16.3. The van der Waals surface area contributed by atoms with Crippen LogP contribution in [0.1, 0.15) is 52.9 Å². The molecule has 3 heterocycles. The van der Waals surface area contributed by atoms with Gasteiger partial charge in [0.15, 0.2) is 5.82 Å². The standard InChI is InChI=1S/C22H31ClN6OS2/c1-21(2,3)32(30)28-17-5-4-7-22(17)8-11-29(12-9-22)18-14-26-20(19(24)27-18)31-16-6-10-25-13-15(16)23/h6,10,13-14,17,28H,4-5,7-9,11-12H2,1-3H3,(H2,24,27)/t17-,32-/m1/s1. The Morgan fingerprint density at radius 3 is 2.69 bits per heavy atom. The zero-order valence-corrected chi connectivity index (χ0v) is 21.2. The van der Waals surface area contributed by atoms with Crippen molar-refractivity contribution in [2.45, 2.75) is 73.6 Å². The van der Waals surface area contributed by atoms with Gasteiger partial charge in [0.25, 0.3) is 0 Å². The fourth-order valence-electron chi connectivity index (χ4n) is 4.57. The van der Waals surface area contributed by atoms with Gasteiger partial charge in [0.05, 0.1) is 17.3 Å². The van der Waals surface area contributed by atoms with Crippen LogP contribution in [0.2, 0.25) is 5.02 Å². The molecule has 10 heteroatoms. The lowest BCUT2D eigenvalue weighted by atomic mass is 9.74. The van der Waals surface area contributed by atoms with Gasteiger partial charge in [-0.1, -0.05) is 29.8 Å². The van der Waals surface area contributed by atoms with E-state index in [1.165, 1.54) is 24.6 Å². The monoisotopic (exact) mass is 494 g/mol. The molecule has 2 aliphatic rings. The highest BCUT2D eigenvalue weighted by molar-refractivity contribution is 7.99. The van der Waals surface area contributed by atoms with E-state index in [0.717, 1.165) is 43.1 Å². The van der Waals surface area contributed by atoms with Gasteiger partial charge in [0.1, 0.15) is 15.6 Å². The van der Waals surface area contributed by atoms with Gasteiger partial charge in [0.2, 0.25) is 0 Å². The third-order valence-corrected chi connectivity index (χ3v) is 9.60. The first kappa shape index (κ1) is 23.9. The summed E-state index contributed by atoms with van der Waals surface area (Å²) in [5, 5.41) is 1.20. The van der Waals surface area contributed by atoms with Crippen LogP contribution in [0.3, 0.4) is 0 Å². The molecule has 2 atom stereocenters. The Hall–Kier alpha value is -1.26. The van der Waals surface area contributed by atoms with Crippen LogP contribution in [0.25, 0.3) is 0 Å². The van der Waals surface area contributed by atoms with E-state index in [0.29, 0.717) is 21.9 Å². The number of nitrogens with zero attached hydrogens (tertiary/aromatic N) is 4. The van der Waals surface area contributed by atoms with Gasteiger partial charge in [-0.25, -0.2) is 9.97 Å². The van der Waals surface area contributed by atoms with E-state index in [9.17, 15) is 4.55 Å². The van der Waals surface area contributed by atoms with Crippen molar-refractivity contribution < 1.29 is 4.55 Å². The largest absolute Gasteiger partial charge is 0.598 e. The Kier molecular flexibility index (Phi) is 7.12. The number of aromatic nitrogens is 3. The molecule has 0 unspecified atom stereocenters. The molecule has 1 aliphatic heterocycles. The van der Waals surface area contributed by atoms with E-state index in [1.807, 2.05) is 26.8 Å². The summed E-state index contributed by atoms with van der Waals surface area (Å²) in [5.41, 5.74) is 6.45. The number of anilines is 2. The Bertz CT molecular complexity index is 948. The van der Waals surface area contributed by atoms with Crippen LogP contribution in [0.4, 0.5) is 11.6 Å². The molecule has 1 spiro atoms. The van der Waals surface area contributed by atoms with Crippen molar-refractivity contribution in [1.82, 2.24) is 19.7 Å². The number of piperidine rings is 1. The van der Waals surface area contributed by atoms with Gasteiger partial charge in [-0.15, -0.1) is 4.72 Å². The summed E-state index contributed by atoms with van der Waals surface area (Å²) in [7, 11) is 0. The molecule has 0 aromatic carbocycles. The van der Waals surface area contributed by atoms with Crippen LogP contribution >= 0.6 is 23.4 Å². The molecule has 174 valence electrons. The Morgan fingerprint density at radius 2 is 2.03 bits per heavy atom.